The second-order valence-electron chi connectivity index (χ2n) is 6.13. The van der Waals surface area contributed by atoms with E-state index in [-0.39, 0.29) is 10.5 Å². The minimum Gasteiger partial charge on any atom is -0.545 e. The van der Waals surface area contributed by atoms with E-state index in [0.29, 0.717) is 5.69 Å². The number of anilines is 1. The van der Waals surface area contributed by atoms with Gasteiger partial charge in [-0.25, -0.2) is 8.42 Å². The number of nitrogens with one attached hydrogen (secondary N) is 1. The summed E-state index contributed by atoms with van der Waals surface area (Å²) in [5, 5.41) is 11.0. The molecule has 0 aromatic heterocycles. The van der Waals surface area contributed by atoms with Crippen molar-refractivity contribution in [2.24, 2.45) is 0 Å². The van der Waals surface area contributed by atoms with Crippen LogP contribution in [0.3, 0.4) is 0 Å². The van der Waals surface area contributed by atoms with Crippen molar-refractivity contribution < 1.29 is 18.3 Å². The summed E-state index contributed by atoms with van der Waals surface area (Å²) >= 11 is 0. The molecule has 4 rings (SSSR count). The van der Waals surface area contributed by atoms with Gasteiger partial charge in [0.1, 0.15) is 0 Å². The lowest BCUT2D eigenvalue weighted by Gasteiger charge is -2.11. The number of aromatic carboxylic acids is 1. The number of hydrogen-bond acceptors (Lipinski definition) is 4. The summed E-state index contributed by atoms with van der Waals surface area (Å²) in [6.07, 6.45) is 0.826. The first-order chi connectivity index (χ1) is 12.4. The average Bonchev–Trinajstić information content (AvgIpc) is 2.99. The number of sulfonamides is 1. The van der Waals surface area contributed by atoms with Gasteiger partial charge in [-0.15, -0.1) is 0 Å². The molecule has 0 amide bonds. The van der Waals surface area contributed by atoms with Gasteiger partial charge in [0.05, 0.1) is 10.9 Å². The predicted octanol–water partition coefficient (Wildman–Crippen LogP) is 2.42. The summed E-state index contributed by atoms with van der Waals surface area (Å²) in [4.78, 5) is 10.8. The molecule has 130 valence electrons. The molecule has 0 spiro atoms. The molecule has 0 saturated carbocycles. The van der Waals surface area contributed by atoms with Crippen molar-refractivity contribution in [1.29, 1.82) is 0 Å². The van der Waals surface area contributed by atoms with Gasteiger partial charge in [-0.3, -0.25) is 4.72 Å². The third kappa shape index (κ3) is 2.84. The van der Waals surface area contributed by atoms with Crippen molar-refractivity contribution >= 4 is 21.7 Å². The molecular formula is C20H14NO4S-. The number of benzene rings is 3. The van der Waals surface area contributed by atoms with Gasteiger partial charge in [0.15, 0.2) is 0 Å². The summed E-state index contributed by atoms with van der Waals surface area (Å²) in [7, 11) is -3.91. The van der Waals surface area contributed by atoms with Gasteiger partial charge in [-0.1, -0.05) is 42.5 Å². The van der Waals surface area contributed by atoms with Gasteiger partial charge in [0.25, 0.3) is 10.0 Å². The fourth-order valence-corrected chi connectivity index (χ4v) is 4.29. The highest BCUT2D eigenvalue weighted by atomic mass is 32.2. The van der Waals surface area contributed by atoms with Gasteiger partial charge in [-0.05, 0) is 58.5 Å². The lowest BCUT2D eigenvalue weighted by atomic mass is 10.1. The van der Waals surface area contributed by atoms with Gasteiger partial charge >= 0.3 is 0 Å². The Balaban J connectivity index is 1.68. The van der Waals surface area contributed by atoms with Crippen LogP contribution in [0.25, 0.3) is 11.1 Å². The quantitative estimate of drug-likeness (QED) is 0.602. The van der Waals surface area contributed by atoms with Gasteiger partial charge in [0, 0.05) is 5.69 Å². The van der Waals surface area contributed by atoms with Crippen molar-refractivity contribution in [2.45, 2.75) is 11.3 Å². The molecule has 5 nitrogen and oxygen atoms in total. The largest absolute Gasteiger partial charge is 0.545 e. The Hall–Kier alpha value is -3.12. The van der Waals surface area contributed by atoms with E-state index in [0.717, 1.165) is 29.2 Å². The van der Waals surface area contributed by atoms with E-state index in [4.69, 9.17) is 0 Å². The van der Waals surface area contributed by atoms with Crippen LogP contribution in [0.5, 0.6) is 0 Å². The molecule has 1 aliphatic rings. The minimum absolute atomic E-state index is 0.125. The average molecular weight is 364 g/mol. The summed E-state index contributed by atoms with van der Waals surface area (Å²) < 4.78 is 27.7. The SMILES string of the molecule is O=C([O-])c1cccc(S(=O)(=O)Nc2ccc3c(c2)-c2ccccc2C3)c1. The molecule has 3 aromatic carbocycles. The summed E-state index contributed by atoms with van der Waals surface area (Å²) in [6.45, 7) is 0. The van der Waals surface area contributed by atoms with Crippen LogP contribution in [-0.2, 0) is 16.4 Å². The van der Waals surface area contributed by atoms with Crippen molar-refractivity contribution in [2.75, 3.05) is 4.72 Å². The van der Waals surface area contributed by atoms with Crippen molar-refractivity contribution in [3.63, 3.8) is 0 Å². The zero-order chi connectivity index (χ0) is 18.3. The molecule has 0 atom stereocenters. The molecule has 0 fully saturated rings. The maximum Gasteiger partial charge on any atom is 0.261 e. The Morgan fingerprint density at radius 1 is 0.885 bits per heavy atom. The molecule has 0 unspecified atom stereocenters. The number of carbonyl (C=O) groups excluding carboxylic acids is 1. The number of hydrogen-bond donors (Lipinski definition) is 1. The number of carbonyl (C=O) groups is 1. The number of fused-ring (bicyclic) bond motifs is 3. The Morgan fingerprint density at radius 3 is 2.46 bits per heavy atom. The highest BCUT2D eigenvalue weighted by Crippen LogP contribution is 2.38. The maximum atomic E-state index is 12.6. The highest BCUT2D eigenvalue weighted by molar-refractivity contribution is 7.92. The standard InChI is InChI=1S/C20H15NO4S/c22-20(23)15-5-3-6-17(11-15)26(24,25)21-16-9-8-14-10-13-4-1-2-7-18(13)19(14)12-16/h1-9,11-12,21H,10H2,(H,22,23)/p-1. The first-order valence-electron chi connectivity index (χ1n) is 7.99. The van der Waals surface area contributed by atoms with Crippen molar-refractivity contribution in [3.05, 3.63) is 83.4 Å². The van der Waals surface area contributed by atoms with Crippen LogP contribution in [0.15, 0.2) is 71.6 Å². The zero-order valence-electron chi connectivity index (χ0n) is 13.6. The summed E-state index contributed by atoms with van der Waals surface area (Å²) in [6, 6.07) is 18.5. The van der Waals surface area contributed by atoms with Crippen molar-refractivity contribution in [3.8, 4) is 11.1 Å². The molecule has 26 heavy (non-hydrogen) atoms. The topological polar surface area (TPSA) is 86.3 Å². The third-order valence-electron chi connectivity index (χ3n) is 4.43. The van der Waals surface area contributed by atoms with Gasteiger partial charge in [0.2, 0.25) is 0 Å². The fraction of sp³-hybridized carbons (Fsp3) is 0.0500. The van der Waals surface area contributed by atoms with Crippen LogP contribution >= 0.6 is 0 Å². The molecule has 6 heteroatoms. The first-order valence-corrected chi connectivity index (χ1v) is 9.48. The van der Waals surface area contributed by atoms with Crippen LogP contribution in [0.2, 0.25) is 0 Å². The molecule has 0 saturated heterocycles. The Bertz CT molecular complexity index is 1140. The van der Waals surface area contributed by atoms with E-state index < -0.39 is 16.0 Å². The normalized spacial score (nSPS) is 12.3. The first kappa shape index (κ1) is 16.4. The van der Waals surface area contributed by atoms with Crippen LogP contribution in [0, 0.1) is 0 Å². The van der Waals surface area contributed by atoms with E-state index in [9.17, 15) is 18.3 Å². The molecule has 3 aromatic rings. The summed E-state index contributed by atoms with van der Waals surface area (Å²) in [5.74, 6) is -1.42. The zero-order valence-corrected chi connectivity index (χ0v) is 14.4. The Labute approximate surface area is 151 Å². The van der Waals surface area contributed by atoms with Crippen LogP contribution in [-0.4, -0.2) is 14.4 Å². The number of carboxylic acid groups (broad SMARTS) is 1. The molecule has 0 radical (unpaired) electrons. The molecule has 0 bridgehead atoms. The predicted molar refractivity (Wildman–Crippen MR) is 96.3 cm³/mol. The third-order valence-corrected chi connectivity index (χ3v) is 5.81. The molecule has 0 heterocycles. The molecule has 0 aliphatic heterocycles. The van der Waals surface area contributed by atoms with E-state index in [1.165, 1.54) is 23.8 Å². The summed E-state index contributed by atoms with van der Waals surface area (Å²) in [5.41, 5.74) is 4.71. The Morgan fingerprint density at radius 2 is 1.65 bits per heavy atom. The van der Waals surface area contributed by atoms with Gasteiger partial charge < -0.3 is 9.90 Å². The van der Waals surface area contributed by atoms with Gasteiger partial charge in [-0.2, -0.15) is 0 Å². The van der Waals surface area contributed by atoms with Crippen LogP contribution < -0.4 is 9.83 Å². The van der Waals surface area contributed by atoms with E-state index in [1.807, 2.05) is 24.3 Å². The lowest BCUT2D eigenvalue weighted by molar-refractivity contribution is -0.255. The van der Waals surface area contributed by atoms with Crippen LogP contribution in [0.1, 0.15) is 21.5 Å². The van der Waals surface area contributed by atoms with E-state index in [1.54, 1.807) is 12.1 Å². The Kier molecular flexibility index (Phi) is 3.77. The van der Waals surface area contributed by atoms with Crippen LogP contribution in [0.4, 0.5) is 5.69 Å². The monoisotopic (exact) mass is 364 g/mol. The lowest BCUT2D eigenvalue weighted by Crippen LogP contribution is -2.23. The second kappa shape index (κ2) is 6.00. The minimum atomic E-state index is -3.91. The number of carboxylic acids is 1. The fourth-order valence-electron chi connectivity index (χ4n) is 3.19. The van der Waals surface area contributed by atoms with E-state index in [2.05, 4.69) is 10.8 Å². The smallest absolute Gasteiger partial charge is 0.261 e. The highest BCUT2D eigenvalue weighted by Gasteiger charge is 2.20. The molecule has 1 aliphatic carbocycles. The number of rotatable bonds is 4. The van der Waals surface area contributed by atoms with E-state index >= 15 is 0 Å². The second-order valence-corrected chi connectivity index (χ2v) is 7.81. The van der Waals surface area contributed by atoms with Crippen molar-refractivity contribution in [1.82, 2.24) is 0 Å². The molecule has 1 N–H and O–H groups in total. The molecular weight excluding hydrogens is 350 g/mol. The maximum absolute atomic E-state index is 12.6.